The Labute approximate surface area is 118 Å². The highest BCUT2D eigenvalue weighted by atomic mass is 16.6. The molecule has 5 nitrogen and oxygen atoms in total. The summed E-state index contributed by atoms with van der Waals surface area (Å²) in [5.41, 5.74) is 1.29. The van der Waals surface area contributed by atoms with E-state index in [4.69, 9.17) is 4.74 Å². The van der Waals surface area contributed by atoms with Crippen molar-refractivity contribution in [3.63, 3.8) is 0 Å². The number of piperidine rings is 1. The maximum absolute atomic E-state index is 11.6. The first-order valence-electron chi connectivity index (χ1n) is 6.99. The molecular formula is C15H18N2O3. The summed E-state index contributed by atoms with van der Waals surface area (Å²) in [7, 11) is 0. The number of hydrogen-bond acceptors (Lipinski definition) is 4. The van der Waals surface area contributed by atoms with Crippen molar-refractivity contribution in [1.82, 2.24) is 9.80 Å². The standard InChI is InChI=1S/C15H18N2O3/c18-14-11-20-15(19)17(14)13-6-8-16(9-7-13)10-12-4-2-1-3-5-12/h1-5,13H,6-11H2. The van der Waals surface area contributed by atoms with Crippen LogP contribution >= 0.6 is 0 Å². The van der Waals surface area contributed by atoms with Gasteiger partial charge in [-0.2, -0.15) is 0 Å². The van der Waals surface area contributed by atoms with Crippen molar-refractivity contribution in [3.8, 4) is 0 Å². The van der Waals surface area contributed by atoms with E-state index in [0.717, 1.165) is 32.5 Å². The first kappa shape index (κ1) is 13.1. The van der Waals surface area contributed by atoms with Gasteiger partial charge in [-0.15, -0.1) is 0 Å². The van der Waals surface area contributed by atoms with Gasteiger partial charge < -0.3 is 4.74 Å². The highest BCUT2D eigenvalue weighted by Gasteiger charge is 2.38. The number of benzene rings is 1. The normalized spacial score (nSPS) is 21.3. The lowest BCUT2D eigenvalue weighted by atomic mass is 10.0. The monoisotopic (exact) mass is 274 g/mol. The summed E-state index contributed by atoms with van der Waals surface area (Å²) in [6.07, 6.45) is 1.18. The minimum atomic E-state index is -0.475. The van der Waals surface area contributed by atoms with Gasteiger partial charge in [0.25, 0.3) is 5.91 Å². The number of carbonyl (C=O) groups excluding carboxylic acids is 2. The van der Waals surface area contributed by atoms with Crippen LogP contribution in [-0.4, -0.2) is 47.5 Å². The van der Waals surface area contributed by atoms with Gasteiger partial charge >= 0.3 is 6.09 Å². The first-order valence-corrected chi connectivity index (χ1v) is 6.99. The third kappa shape index (κ3) is 2.67. The number of carbonyl (C=O) groups is 2. The summed E-state index contributed by atoms with van der Waals surface area (Å²) >= 11 is 0. The molecular weight excluding hydrogens is 256 g/mol. The molecule has 0 unspecified atom stereocenters. The number of likely N-dealkylation sites (tertiary alicyclic amines) is 1. The highest BCUT2D eigenvalue weighted by molar-refractivity contribution is 5.98. The average Bonchev–Trinajstić information content (AvgIpc) is 2.81. The molecule has 0 atom stereocenters. The van der Waals surface area contributed by atoms with E-state index in [9.17, 15) is 9.59 Å². The molecule has 20 heavy (non-hydrogen) atoms. The molecule has 2 aliphatic rings. The second-order valence-corrected chi connectivity index (χ2v) is 5.31. The topological polar surface area (TPSA) is 49.9 Å². The van der Waals surface area contributed by atoms with Gasteiger partial charge in [0.05, 0.1) is 0 Å². The molecule has 5 heteroatoms. The molecule has 2 fully saturated rings. The number of ether oxygens (including phenoxy) is 1. The van der Waals surface area contributed by atoms with E-state index in [0.29, 0.717) is 0 Å². The largest absolute Gasteiger partial charge is 0.439 e. The molecule has 2 amide bonds. The Morgan fingerprint density at radius 2 is 1.80 bits per heavy atom. The quantitative estimate of drug-likeness (QED) is 0.840. The fourth-order valence-corrected chi connectivity index (χ4v) is 2.89. The Kier molecular flexibility index (Phi) is 3.69. The Morgan fingerprint density at radius 3 is 2.40 bits per heavy atom. The first-order chi connectivity index (χ1) is 9.74. The van der Waals surface area contributed by atoms with Gasteiger partial charge in [-0.1, -0.05) is 30.3 Å². The number of imide groups is 1. The Balaban J connectivity index is 1.55. The van der Waals surface area contributed by atoms with Crippen LogP contribution in [0.2, 0.25) is 0 Å². The average molecular weight is 274 g/mol. The van der Waals surface area contributed by atoms with Gasteiger partial charge in [0.15, 0.2) is 6.61 Å². The van der Waals surface area contributed by atoms with Crippen molar-refractivity contribution >= 4 is 12.0 Å². The molecule has 0 aromatic heterocycles. The molecule has 0 bridgehead atoms. The third-order valence-corrected chi connectivity index (χ3v) is 3.96. The predicted molar refractivity (Wildman–Crippen MR) is 72.9 cm³/mol. The van der Waals surface area contributed by atoms with Crippen LogP contribution in [0.5, 0.6) is 0 Å². The fraction of sp³-hybridized carbons (Fsp3) is 0.467. The van der Waals surface area contributed by atoms with Crippen molar-refractivity contribution in [2.45, 2.75) is 25.4 Å². The summed E-state index contributed by atoms with van der Waals surface area (Å²) < 4.78 is 4.78. The Bertz CT molecular complexity index is 479. The molecule has 0 radical (unpaired) electrons. The van der Waals surface area contributed by atoms with Gasteiger partial charge in [-0.05, 0) is 18.4 Å². The third-order valence-electron chi connectivity index (χ3n) is 3.96. The summed E-state index contributed by atoms with van der Waals surface area (Å²) in [5, 5.41) is 0. The summed E-state index contributed by atoms with van der Waals surface area (Å²) in [6, 6.07) is 10.3. The summed E-state index contributed by atoms with van der Waals surface area (Å²) in [4.78, 5) is 26.8. The van der Waals surface area contributed by atoms with Crippen LogP contribution < -0.4 is 0 Å². The van der Waals surface area contributed by atoms with Crippen LogP contribution in [0.4, 0.5) is 4.79 Å². The minimum absolute atomic E-state index is 0.00419. The van der Waals surface area contributed by atoms with Crippen molar-refractivity contribution < 1.29 is 14.3 Å². The second kappa shape index (κ2) is 5.63. The van der Waals surface area contributed by atoms with E-state index in [1.165, 1.54) is 10.5 Å². The molecule has 1 aromatic carbocycles. The van der Waals surface area contributed by atoms with E-state index in [2.05, 4.69) is 17.0 Å². The zero-order chi connectivity index (χ0) is 13.9. The maximum atomic E-state index is 11.6. The van der Waals surface area contributed by atoms with E-state index < -0.39 is 6.09 Å². The molecule has 2 heterocycles. The molecule has 106 valence electrons. The van der Waals surface area contributed by atoms with Crippen molar-refractivity contribution in [2.24, 2.45) is 0 Å². The fourth-order valence-electron chi connectivity index (χ4n) is 2.89. The lowest BCUT2D eigenvalue weighted by molar-refractivity contribution is -0.128. The Morgan fingerprint density at radius 1 is 1.10 bits per heavy atom. The molecule has 2 aliphatic heterocycles. The lowest BCUT2D eigenvalue weighted by Gasteiger charge is -2.34. The van der Waals surface area contributed by atoms with Crippen LogP contribution in [0.1, 0.15) is 18.4 Å². The second-order valence-electron chi connectivity index (χ2n) is 5.31. The number of hydrogen-bond donors (Lipinski definition) is 0. The van der Waals surface area contributed by atoms with E-state index in [1.54, 1.807) is 0 Å². The molecule has 0 spiro atoms. The molecule has 0 N–H and O–H groups in total. The van der Waals surface area contributed by atoms with Gasteiger partial charge in [-0.3, -0.25) is 9.69 Å². The van der Waals surface area contributed by atoms with E-state index >= 15 is 0 Å². The lowest BCUT2D eigenvalue weighted by Crippen LogP contribution is -2.46. The summed E-state index contributed by atoms with van der Waals surface area (Å²) in [6.45, 7) is 2.63. The number of rotatable bonds is 3. The number of amides is 2. The van der Waals surface area contributed by atoms with Crippen LogP contribution in [0.15, 0.2) is 30.3 Å². The SMILES string of the molecule is O=C1COC(=O)N1C1CCN(Cc2ccccc2)CC1. The molecule has 0 aliphatic carbocycles. The molecule has 1 aromatic rings. The van der Waals surface area contributed by atoms with Gasteiger partial charge in [0, 0.05) is 25.7 Å². The van der Waals surface area contributed by atoms with Crippen LogP contribution in [0.25, 0.3) is 0 Å². The molecule has 2 saturated heterocycles. The van der Waals surface area contributed by atoms with Crippen molar-refractivity contribution in [1.29, 1.82) is 0 Å². The Hall–Kier alpha value is -1.88. The molecule has 3 rings (SSSR count). The van der Waals surface area contributed by atoms with Gasteiger partial charge in [-0.25, -0.2) is 9.69 Å². The zero-order valence-electron chi connectivity index (χ0n) is 11.3. The van der Waals surface area contributed by atoms with Crippen molar-refractivity contribution in [2.75, 3.05) is 19.7 Å². The van der Waals surface area contributed by atoms with Gasteiger partial charge in [0.1, 0.15) is 0 Å². The van der Waals surface area contributed by atoms with E-state index in [-0.39, 0.29) is 18.6 Å². The minimum Gasteiger partial charge on any atom is -0.439 e. The summed E-state index contributed by atoms with van der Waals surface area (Å²) in [5.74, 6) is -0.198. The highest BCUT2D eigenvalue weighted by Crippen LogP contribution is 2.21. The van der Waals surface area contributed by atoms with Crippen LogP contribution in [-0.2, 0) is 16.1 Å². The number of cyclic esters (lactones) is 1. The van der Waals surface area contributed by atoms with E-state index in [1.807, 2.05) is 18.2 Å². The van der Waals surface area contributed by atoms with Crippen LogP contribution in [0, 0.1) is 0 Å². The number of nitrogens with zero attached hydrogens (tertiary/aromatic N) is 2. The van der Waals surface area contributed by atoms with Crippen molar-refractivity contribution in [3.05, 3.63) is 35.9 Å². The maximum Gasteiger partial charge on any atom is 0.417 e. The molecule has 0 saturated carbocycles. The van der Waals surface area contributed by atoms with Crippen LogP contribution in [0.3, 0.4) is 0 Å². The zero-order valence-corrected chi connectivity index (χ0v) is 11.3. The predicted octanol–water partition coefficient (Wildman–Crippen LogP) is 1.63. The van der Waals surface area contributed by atoms with Gasteiger partial charge in [0.2, 0.25) is 0 Å². The smallest absolute Gasteiger partial charge is 0.417 e.